The Kier molecular flexibility index (Phi) is 3.30. The number of likely N-dealkylation sites (N-methyl/N-ethyl adjacent to an activating group) is 1. The van der Waals surface area contributed by atoms with Gasteiger partial charge < -0.3 is 10.6 Å². The number of nitrogens with two attached hydrogens (primary N) is 1. The van der Waals surface area contributed by atoms with E-state index >= 15 is 0 Å². The molecule has 0 aromatic heterocycles. The summed E-state index contributed by atoms with van der Waals surface area (Å²) in [5, 5.41) is 0. The summed E-state index contributed by atoms with van der Waals surface area (Å²) < 4.78 is 27.2. The number of amides is 1. The van der Waals surface area contributed by atoms with Crippen LogP contribution in [0.2, 0.25) is 0 Å². The number of sulfonamides is 1. The van der Waals surface area contributed by atoms with Crippen molar-refractivity contribution < 1.29 is 13.2 Å². The fourth-order valence-electron chi connectivity index (χ4n) is 2.26. The van der Waals surface area contributed by atoms with Crippen LogP contribution < -0.4 is 15.4 Å². The van der Waals surface area contributed by atoms with Crippen molar-refractivity contribution in [2.75, 3.05) is 17.7 Å². The summed E-state index contributed by atoms with van der Waals surface area (Å²) in [7, 11) is -2.03. The lowest BCUT2D eigenvalue weighted by atomic mass is 10.1. The maximum atomic E-state index is 12.3. The number of anilines is 2. The molecule has 110 valence electrons. The Morgan fingerprint density at radius 2 is 1.90 bits per heavy atom. The third-order valence-electron chi connectivity index (χ3n) is 2.99. The molecule has 0 fully saturated rings. The van der Waals surface area contributed by atoms with Gasteiger partial charge in [0.05, 0.1) is 22.7 Å². The van der Waals surface area contributed by atoms with Crippen LogP contribution in [0.5, 0.6) is 0 Å². The zero-order chi connectivity index (χ0) is 15.3. The molecule has 2 rings (SSSR count). The predicted octanol–water partition coefficient (Wildman–Crippen LogP) is 0.864. The first kappa shape index (κ1) is 14.8. The van der Waals surface area contributed by atoms with Crippen molar-refractivity contribution >= 4 is 27.3 Å². The highest BCUT2D eigenvalue weighted by molar-refractivity contribution is 7.89. The summed E-state index contributed by atoms with van der Waals surface area (Å²) in [6.07, 6.45) is 0.176. The maximum absolute atomic E-state index is 12.3. The highest BCUT2D eigenvalue weighted by Crippen LogP contribution is 2.35. The van der Waals surface area contributed by atoms with Gasteiger partial charge in [-0.1, -0.05) is 0 Å². The zero-order valence-corrected chi connectivity index (χ0v) is 12.8. The number of fused-ring (bicyclic) bond motifs is 1. The molecule has 1 aromatic rings. The van der Waals surface area contributed by atoms with Gasteiger partial charge in [0.2, 0.25) is 15.9 Å². The molecule has 6 nitrogen and oxygen atoms in total. The van der Waals surface area contributed by atoms with Crippen LogP contribution >= 0.6 is 0 Å². The second-order valence-electron chi connectivity index (χ2n) is 6.01. The van der Waals surface area contributed by atoms with E-state index in [1.54, 1.807) is 27.8 Å². The second-order valence-corrected chi connectivity index (χ2v) is 7.69. The molecule has 0 spiro atoms. The smallest absolute Gasteiger partial charge is 0.241 e. The average Bonchev–Trinajstić information content (AvgIpc) is 2.51. The van der Waals surface area contributed by atoms with Crippen molar-refractivity contribution in [1.29, 1.82) is 0 Å². The van der Waals surface area contributed by atoms with Crippen molar-refractivity contribution in [3.05, 3.63) is 17.7 Å². The Labute approximate surface area is 119 Å². The van der Waals surface area contributed by atoms with Crippen LogP contribution in [0.4, 0.5) is 11.4 Å². The lowest BCUT2D eigenvalue weighted by molar-refractivity contribution is -0.117. The monoisotopic (exact) mass is 297 g/mol. The van der Waals surface area contributed by atoms with Gasteiger partial charge >= 0.3 is 0 Å². The number of carbonyl (C=O) groups excluding carboxylic acids is 1. The Bertz CT molecular complexity index is 675. The molecule has 3 N–H and O–H groups in total. The number of carbonyl (C=O) groups is 1. The minimum Gasteiger partial charge on any atom is -0.397 e. The van der Waals surface area contributed by atoms with Gasteiger partial charge in [0, 0.05) is 12.6 Å². The van der Waals surface area contributed by atoms with Crippen LogP contribution in [0.1, 0.15) is 26.3 Å². The number of rotatable bonds is 2. The van der Waals surface area contributed by atoms with E-state index in [-0.39, 0.29) is 17.2 Å². The van der Waals surface area contributed by atoms with Gasteiger partial charge in [-0.15, -0.1) is 0 Å². The van der Waals surface area contributed by atoms with Crippen molar-refractivity contribution in [3.63, 3.8) is 0 Å². The lowest BCUT2D eigenvalue weighted by Crippen LogP contribution is -2.40. The van der Waals surface area contributed by atoms with Crippen molar-refractivity contribution in [1.82, 2.24) is 4.72 Å². The third kappa shape index (κ3) is 2.64. The van der Waals surface area contributed by atoms with E-state index in [2.05, 4.69) is 4.72 Å². The summed E-state index contributed by atoms with van der Waals surface area (Å²) >= 11 is 0. The Morgan fingerprint density at radius 1 is 1.30 bits per heavy atom. The minimum absolute atomic E-state index is 0.0896. The molecule has 1 heterocycles. The molecular weight excluding hydrogens is 278 g/mol. The Hall–Kier alpha value is -1.60. The predicted molar refractivity (Wildman–Crippen MR) is 78.0 cm³/mol. The summed E-state index contributed by atoms with van der Waals surface area (Å²) in [4.78, 5) is 13.2. The van der Waals surface area contributed by atoms with Crippen molar-refractivity contribution in [2.24, 2.45) is 0 Å². The van der Waals surface area contributed by atoms with E-state index < -0.39 is 15.6 Å². The number of nitrogens with one attached hydrogen (secondary N) is 1. The molecule has 0 aliphatic carbocycles. The van der Waals surface area contributed by atoms with Crippen LogP contribution in [-0.4, -0.2) is 26.9 Å². The molecule has 1 aromatic carbocycles. The molecule has 1 aliphatic rings. The van der Waals surface area contributed by atoms with Crippen LogP contribution in [0.3, 0.4) is 0 Å². The summed E-state index contributed by atoms with van der Waals surface area (Å²) in [5.74, 6) is -0.0926. The van der Waals surface area contributed by atoms with Gasteiger partial charge in [-0.05, 0) is 38.5 Å². The third-order valence-corrected chi connectivity index (χ3v) is 4.73. The summed E-state index contributed by atoms with van der Waals surface area (Å²) in [6.45, 7) is 5.29. The molecular formula is C13H19N3O3S. The van der Waals surface area contributed by atoms with Crippen LogP contribution in [0.15, 0.2) is 17.0 Å². The molecule has 7 heteroatoms. The quantitative estimate of drug-likeness (QED) is 0.792. The van der Waals surface area contributed by atoms with E-state index in [1.807, 2.05) is 0 Å². The van der Waals surface area contributed by atoms with Crippen molar-refractivity contribution in [2.45, 2.75) is 37.6 Å². The fraction of sp³-hybridized carbons (Fsp3) is 0.462. The highest BCUT2D eigenvalue weighted by Gasteiger charge is 2.30. The van der Waals surface area contributed by atoms with Crippen molar-refractivity contribution in [3.8, 4) is 0 Å². The van der Waals surface area contributed by atoms with E-state index in [1.165, 1.54) is 17.0 Å². The second kappa shape index (κ2) is 4.46. The molecule has 20 heavy (non-hydrogen) atoms. The summed E-state index contributed by atoms with van der Waals surface area (Å²) in [6, 6.07) is 2.91. The molecule has 1 amide bonds. The molecule has 0 saturated heterocycles. The number of nitrogens with zero attached hydrogens (tertiary/aromatic N) is 1. The van der Waals surface area contributed by atoms with E-state index in [4.69, 9.17) is 5.73 Å². The SMILES string of the molecule is CN1C(=O)Cc2cc(S(=O)(=O)NC(C)(C)C)cc(N)c21. The minimum atomic E-state index is -3.66. The lowest BCUT2D eigenvalue weighted by Gasteiger charge is -2.21. The molecule has 0 atom stereocenters. The van der Waals surface area contributed by atoms with Crippen LogP contribution in [0, 0.1) is 0 Å². The summed E-state index contributed by atoms with van der Waals surface area (Å²) in [5.41, 5.74) is 6.86. The highest BCUT2D eigenvalue weighted by atomic mass is 32.2. The first-order valence-corrected chi connectivity index (χ1v) is 7.72. The van der Waals surface area contributed by atoms with Gasteiger partial charge in [-0.25, -0.2) is 13.1 Å². The standard InChI is InChI=1S/C13H19N3O3S/c1-13(2,3)15-20(18,19)9-5-8-6-11(17)16(4)12(8)10(14)7-9/h5,7,15H,6,14H2,1-4H3. The average molecular weight is 297 g/mol. The Balaban J connectivity index is 2.50. The van der Waals surface area contributed by atoms with Crippen LogP contribution in [-0.2, 0) is 21.2 Å². The van der Waals surface area contributed by atoms with E-state index in [9.17, 15) is 13.2 Å². The van der Waals surface area contributed by atoms with Gasteiger partial charge in [0.1, 0.15) is 0 Å². The van der Waals surface area contributed by atoms with E-state index in [0.29, 0.717) is 16.9 Å². The zero-order valence-electron chi connectivity index (χ0n) is 12.0. The number of hydrogen-bond acceptors (Lipinski definition) is 4. The number of benzene rings is 1. The first-order chi connectivity index (χ1) is 9.01. The largest absolute Gasteiger partial charge is 0.397 e. The maximum Gasteiger partial charge on any atom is 0.241 e. The van der Waals surface area contributed by atoms with E-state index in [0.717, 1.165) is 0 Å². The van der Waals surface area contributed by atoms with Gasteiger partial charge in [0.15, 0.2) is 0 Å². The molecule has 0 unspecified atom stereocenters. The van der Waals surface area contributed by atoms with Gasteiger partial charge in [-0.2, -0.15) is 0 Å². The molecule has 0 bridgehead atoms. The molecule has 0 saturated carbocycles. The van der Waals surface area contributed by atoms with Gasteiger partial charge in [0.25, 0.3) is 0 Å². The topological polar surface area (TPSA) is 92.5 Å². The number of hydrogen-bond donors (Lipinski definition) is 2. The normalized spacial score (nSPS) is 15.6. The molecule has 0 radical (unpaired) electrons. The van der Waals surface area contributed by atoms with Gasteiger partial charge in [-0.3, -0.25) is 4.79 Å². The Morgan fingerprint density at radius 3 is 2.45 bits per heavy atom. The van der Waals surface area contributed by atoms with Crippen LogP contribution in [0.25, 0.3) is 0 Å². The number of nitrogen functional groups attached to an aromatic ring is 1. The first-order valence-electron chi connectivity index (χ1n) is 6.24. The molecule has 1 aliphatic heterocycles. The fourth-order valence-corrected chi connectivity index (χ4v) is 3.76.